The van der Waals surface area contributed by atoms with Crippen LogP contribution in [0.4, 0.5) is 5.95 Å². The van der Waals surface area contributed by atoms with Crippen LogP contribution in [0.3, 0.4) is 0 Å². The van der Waals surface area contributed by atoms with Gasteiger partial charge >= 0.3 is 0 Å². The Bertz CT molecular complexity index is 1050. The summed E-state index contributed by atoms with van der Waals surface area (Å²) in [5, 5.41) is 19.2. The molecule has 0 unspecified atom stereocenters. The number of tetrazole rings is 1. The summed E-state index contributed by atoms with van der Waals surface area (Å²) in [5.41, 5.74) is 2.80. The number of nitrogens with zero attached hydrogens (tertiary/aromatic N) is 5. The van der Waals surface area contributed by atoms with Gasteiger partial charge in [-0.15, -0.1) is 5.10 Å². The number of nitrogens with one attached hydrogen (secondary N) is 1. The molecule has 2 aromatic heterocycles. The maximum atomic E-state index is 12.5. The highest BCUT2D eigenvalue weighted by Crippen LogP contribution is 2.28. The third-order valence-corrected chi connectivity index (χ3v) is 4.36. The number of aromatic amines is 1. The van der Waals surface area contributed by atoms with E-state index in [1.54, 1.807) is 19.1 Å². The zero-order chi connectivity index (χ0) is 18.3. The summed E-state index contributed by atoms with van der Waals surface area (Å²) in [4.78, 5) is 12.5. The summed E-state index contributed by atoms with van der Waals surface area (Å²) < 4.78 is 5.84. The van der Waals surface area contributed by atoms with Crippen LogP contribution in [0.2, 0.25) is 5.02 Å². The molecule has 0 saturated carbocycles. The molecule has 1 amide bonds. The van der Waals surface area contributed by atoms with E-state index in [0.29, 0.717) is 27.8 Å². The number of carbonyl (C=O) groups excluding carboxylic acids is 1. The first-order valence-electron chi connectivity index (χ1n) is 7.74. The second kappa shape index (κ2) is 6.23. The van der Waals surface area contributed by atoms with Gasteiger partial charge in [-0.2, -0.15) is 15.3 Å². The Kier molecular flexibility index (Phi) is 3.89. The molecule has 1 aromatic carbocycles. The number of benzene rings is 1. The number of halogens is 1. The molecule has 0 bridgehead atoms. The van der Waals surface area contributed by atoms with E-state index in [2.05, 4.69) is 25.7 Å². The van der Waals surface area contributed by atoms with Crippen molar-refractivity contribution in [2.45, 2.75) is 13.8 Å². The van der Waals surface area contributed by atoms with Gasteiger partial charge in [0.05, 0.1) is 11.3 Å². The number of aromatic nitrogens is 4. The molecule has 0 fully saturated rings. The minimum atomic E-state index is -0.347. The Labute approximate surface area is 153 Å². The second-order valence-electron chi connectivity index (χ2n) is 5.74. The lowest BCUT2D eigenvalue weighted by Crippen LogP contribution is -2.22. The molecule has 8 nitrogen and oxygen atoms in total. The van der Waals surface area contributed by atoms with Crippen LogP contribution in [-0.2, 0) is 4.79 Å². The van der Waals surface area contributed by atoms with Gasteiger partial charge in [-0.05, 0) is 48.9 Å². The lowest BCUT2D eigenvalue weighted by Gasteiger charge is -2.04. The van der Waals surface area contributed by atoms with Gasteiger partial charge in [0.2, 0.25) is 0 Å². The fourth-order valence-electron chi connectivity index (χ4n) is 2.54. The number of hydrogen-bond donors (Lipinski definition) is 1. The molecule has 0 atom stereocenters. The molecule has 3 heterocycles. The van der Waals surface area contributed by atoms with Crippen LogP contribution in [0.25, 0.3) is 17.4 Å². The Hall–Kier alpha value is -3.26. The molecular weight excluding hydrogens is 356 g/mol. The Balaban J connectivity index is 1.63. The fourth-order valence-corrected chi connectivity index (χ4v) is 2.72. The zero-order valence-electron chi connectivity index (χ0n) is 13.9. The topological polar surface area (TPSA) is 100 Å². The standard InChI is InChI=1S/C17H13ClN6O2/c1-9-3-4-11(7-14(9)18)15-6-5-12(26-15)8-13-10(2)21-24(16(13)25)17-19-22-23-20-17/h3-8H,1-2H3,(H,19,20,22,23). The monoisotopic (exact) mass is 368 g/mol. The lowest BCUT2D eigenvalue weighted by molar-refractivity contribution is -0.114. The summed E-state index contributed by atoms with van der Waals surface area (Å²) in [5.74, 6) is 0.936. The maximum Gasteiger partial charge on any atom is 0.293 e. The van der Waals surface area contributed by atoms with Gasteiger partial charge in [0.1, 0.15) is 11.5 Å². The van der Waals surface area contributed by atoms with Gasteiger partial charge in [-0.1, -0.05) is 28.8 Å². The number of hydrazone groups is 1. The van der Waals surface area contributed by atoms with E-state index in [1.165, 1.54) is 0 Å². The molecule has 1 aliphatic heterocycles. The molecule has 0 saturated heterocycles. The normalized spacial score (nSPS) is 15.8. The van der Waals surface area contributed by atoms with Crippen LogP contribution in [-0.4, -0.2) is 32.2 Å². The molecule has 0 aliphatic carbocycles. The Morgan fingerprint density at radius 2 is 2.08 bits per heavy atom. The minimum Gasteiger partial charge on any atom is -0.457 e. The molecule has 9 heteroatoms. The van der Waals surface area contributed by atoms with Gasteiger partial charge in [0.15, 0.2) is 0 Å². The van der Waals surface area contributed by atoms with Crippen molar-refractivity contribution in [1.29, 1.82) is 0 Å². The third-order valence-electron chi connectivity index (χ3n) is 3.96. The van der Waals surface area contributed by atoms with Crippen LogP contribution in [0.5, 0.6) is 0 Å². The summed E-state index contributed by atoms with van der Waals surface area (Å²) in [7, 11) is 0. The molecule has 3 aromatic rings. The van der Waals surface area contributed by atoms with Gasteiger partial charge in [0.25, 0.3) is 11.9 Å². The molecule has 0 radical (unpaired) electrons. The molecule has 1 N–H and O–H groups in total. The van der Waals surface area contributed by atoms with E-state index in [4.69, 9.17) is 16.0 Å². The average molecular weight is 369 g/mol. The molecule has 0 spiro atoms. The van der Waals surface area contributed by atoms with Crippen LogP contribution >= 0.6 is 11.6 Å². The summed E-state index contributed by atoms with van der Waals surface area (Å²) in [6.07, 6.45) is 1.64. The largest absolute Gasteiger partial charge is 0.457 e. The van der Waals surface area contributed by atoms with Crippen molar-refractivity contribution in [3.05, 3.63) is 52.3 Å². The van der Waals surface area contributed by atoms with E-state index in [-0.39, 0.29) is 11.9 Å². The smallest absolute Gasteiger partial charge is 0.293 e. The van der Waals surface area contributed by atoms with E-state index >= 15 is 0 Å². The van der Waals surface area contributed by atoms with Gasteiger partial charge < -0.3 is 4.42 Å². The fraction of sp³-hybridized carbons (Fsp3) is 0.118. The summed E-state index contributed by atoms with van der Waals surface area (Å²) >= 11 is 6.17. The molecule has 130 valence electrons. The van der Waals surface area contributed by atoms with Crippen LogP contribution < -0.4 is 5.01 Å². The van der Waals surface area contributed by atoms with Crippen molar-refractivity contribution in [2.24, 2.45) is 5.10 Å². The van der Waals surface area contributed by atoms with Crippen LogP contribution in [0, 0.1) is 6.92 Å². The highest BCUT2D eigenvalue weighted by molar-refractivity contribution is 6.32. The van der Waals surface area contributed by atoms with E-state index < -0.39 is 0 Å². The molecule has 1 aliphatic rings. The van der Waals surface area contributed by atoms with Gasteiger partial charge in [-0.25, -0.2) is 0 Å². The van der Waals surface area contributed by atoms with Crippen molar-refractivity contribution < 1.29 is 9.21 Å². The first kappa shape index (κ1) is 16.2. The molecule has 4 rings (SSSR count). The first-order valence-corrected chi connectivity index (χ1v) is 8.12. The SMILES string of the molecule is CC1=NN(c2nn[nH]n2)C(=O)C1=Cc1ccc(-c2ccc(C)c(Cl)c2)o1. The Morgan fingerprint density at radius 1 is 1.23 bits per heavy atom. The predicted octanol–water partition coefficient (Wildman–Crippen LogP) is 3.23. The third kappa shape index (κ3) is 2.80. The lowest BCUT2D eigenvalue weighted by atomic mass is 10.1. The highest BCUT2D eigenvalue weighted by atomic mass is 35.5. The molecular formula is C17H13ClN6O2. The van der Waals surface area contributed by atoms with E-state index in [1.807, 2.05) is 31.2 Å². The van der Waals surface area contributed by atoms with E-state index in [9.17, 15) is 4.79 Å². The number of aryl methyl sites for hydroxylation is 1. The quantitative estimate of drug-likeness (QED) is 0.715. The number of furan rings is 1. The van der Waals surface area contributed by atoms with Crippen LogP contribution in [0.1, 0.15) is 18.2 Å². The zero-order valence-corrected chi connectivity index (χ0v) is 14.7. The second-order valence-corrected chi connectivity index (χ2v) is 6.15. The minimum absolute atomic E-state index is 0.0900. The van der Waals surface area contributed by atoms with Gasteiger partial charge in [0, 0.05) is 10.6 Å². The van der Waals surface area contributed by atoms with Crippen LogP contribution in [0.15, 0.2) is 45.4 Å². The predicted molar refractivity (Wildman–Crippen MR) is 96.6 cm³/mol. The number of carbonyl (C=O) groups is 1. The summed E-state index contributed by atoms with van der Waals surface area (Å²) in [6, 6.07) is 9.32. The Morgan fingerprint density at radius 3 is 2.81 bits per heavy atom. The highest BCUT2D eigenvalue weighted by Gasteiger charge is 2.31. The maximum absolute atomic E-state index is 12.5. The average Bonchev–Trinajstić information content (AvgIpc) is 3.35. The van der Waals surface area contributed by atoms with Crippen molar-refractivity contribution >= 4 is 35.2 Å². The van der Waals surface area contributed by atoms with Crippen molar-refractivity contribution in [3.8, 4) is 11.3 Å². The number of H-pyrrole nitrogens is 1. The van der Waals surface area contributed by atoms with Crippen molar-refractivity contribution in [1.82, 2.24) is 20.6 Å². The van der Waals surface area contributed by atoms with Crippen molar-refractivity contribution in [2.75, 3.05) is 5.01 Å². The first-order chi connectivity index (χ1) is 12.5. The van der Waals surface area contributed by atoms with E-state index in [0.717, 1.165) is 16.1 Å². The van der Waals surface area contributed by atoms with Gasteiger partial charge in [-0.3, -0.25) is 4.79 Å². The molecule has 26 heavy (non-hydrogen) atoms. The number of anilines is 1. The number of amides is 1. The van der Waals surface area contributed by atoms with Crippen molar-refractivity contribution in [3.63, 3.8) is 0 Å². The number of hydrogen-bond acceptors (Lipinski definition) is 6. The number of rotatable bonds is 3. The summed E-state index contributed by atoms with van der Waals surface area (Å²) in [6.45, 7) is 3.67.